The lowest BCUT2D eigenvalue weighted by Gasteiger charge is -2.56. The van der Waals surface area contributed by atoms with E-state index in [-0.39, 0.29) is 5.75 Å². The first-order valence-electron chi connectivity index (χ1n) is 8.52. The van der Waals surface area contributed by atoms with Crippen molar-refractivity contribution in [3.8, 4) is 5.75 Å². The van der Waals surface area contributed by atoms with Crippen LogP contribution in [0.3, 0.4) is 0 Å². The Kier molecular flexibility index (Phi) is 4.22. The van der Waals surface area contributed by atoms with Gasteiger partial charge in [-0.3, -0.25) is 4.90 Å². The average Bonchev–Trinajstić information content (AvgIpc) is 2.60. The molecule has 3 fully saturated rings. The summed E-state index contributed by atoms with van der Waals surface area (Å²) in [5.41, 5.74) is 1.93. The monoisotopic (exact) mass is 364 g/mol. The van der Waals surface area contributed by atoms with Gasteiger partial charge in [-0.15, -0.1) is 13.2 Å². The van der Waals surface area contributed by atoms with Gasteiger partial charge in [-0.25, -0.2) is 9.97 Å². The predicted molar refractivity (Wildman–Crippen MR) is 89.8 cm³/mol. The Morgan fingerprint density at radius 3 is 2.42 bits per heavy atom. The van der Waals surface area contributed by atoms with Crippen molar-refractivity contribution in [2.45, 2.75) is 38.3 Å². The molecule has 2 unspecified atom stereocenters. The van der Waals surface area contributed by atoms with E-state index >= 15 is 0 Å². The van der Waals surface area contributed by atoms with E-state index in [1.54, 1.807) is 18.3 Å². The highest BCUT2D eigenvalue weighted by Gasteiger charge is 2.45. The summed E-state index contributed by atoms with van der Waals surface area (Å²) in [6, 6.07) is 8.84. The maximum absolute atomic E-state index is 12.2. The van der Waals surface area contributed by atoms with Gasteiger partial charge in [-0.05, 0) is 37.1 Å². The van der Waals surface area contributed by atoms with E-state index in [2.05, 4.69) is 24.5 Å². The van der Waals surface area contributed by atoms with Crippen molar-refractivity contribution in [1.82, 2.24) is 14.9 Å². The Morgan fingerprint density at radius 2 is 1.81 bits per heavy atom. The van der Waals surface area contributed by atoms with E-state index in [0.717, 1.165) is 43.3 Å². The summed E-state index contributed by atoms with van der Waals surface area (Å²) in [4.78, 5) is 13.5. The van der Waals surface area contributed by atoms with Gasteiger partial charge in [0, 0.05) is 43.6 Å². The van der Waals surface area contributed by atoms with Crippen LogP contribution in [-0.2, 0) is 6.54 Å². The number of alkyl halides is 3. The maximum atomic E-state index is 12.2. The molecular weight excluding hydrogens is 345 g/mol. The second kappa shape index (κ2) is 6.42. The first-order valence-corrected chi connectivity index (χ1v) is 8.52. The summed E-state index contributed by atoms with van der Waals surface area (Å²) < 4.78 is 40.6. The molecule has 1 aromatic carbocycles. The summed E-state index contributed by atoms with van der Waals surface area (Å²) in [6.07, 6.45) is -1.74. The summed E-state index contributed by atoms with van der Waals surface area (Å²) >= 11 is 0. The largest absolute Gasteiger partial charge is 0.573 e. The summed E-state index contributed by atoms with van der Waals surface area (Å²) in [7, 11) is 0. The van der Waals surface area contributed by atoms with Gasteiger partial charge in [0.15, 0.2) is 0 Å². The molecule has 3 saturated heterocycles. The van der Waals surface area contributed by atoms with Gasteiger partial charge < -0.3 is 9.64 Å². The Morgan fingerprint density at radius 1 is 1.12 bits per heavy atom. The summed E-state index contributed by atoms with van der Waals surface area (Å²) in [6.45, 7) is 4.42. The number of piperazine rings is 1. The van der Waals surface area contributed by atoms with Crippen LogP contribution in [-0.4, -0.2) is 46.4 Å². The van der Waals surface area contributed by atoms with Crippen molar-refractivity contribution >= 4 is 5.95 Å². The van der Waals surface area contributed by atoms with Gasteiger partial charge >= 0.3 is 6.36 Å². The molecule has 0 aliphatic carbocycles. The van der Waals surface area contributed by atoms with Crippen molar-refractivity contribution in [3.63, 3.8) is 0 Å². The molecule has 4 heterocycles. The lowest BCUT2D eigenvalue weighted by Crippen LogP contribution is -2.68. The lowest BCUT2D eigenvalue weighted by molar-refractivity contribution is -0.274. The molecular formula is C18H19F3N4O. The van der Waals surface area contributed by atoms with Crippen LogP contribution >= 0.6 is 0 Å². The van der Waals surface area contributed by atoms with Crippen LogP contribution < -0.4 is 9.64 Å². The van der Waals surface area contributed by atoms with Crippen LogP contribution in [0.4, 0.5) is 19.1 Å². The molecule has 2 aromatic rings. The number of nitrogens with zero attached hydrogens (tertiary/aromatic N) is 4. The molecule has 2 atom stereocenters. The van der Waals surface area contributed by atoms with E-state index in [1.807, 2.05) is 13.0 Å². The van der Waals surface area contributed by atoms with E-state index in [4.69, 9.17) is 0 Å². The summed E-state index contributed by atoms with van der Waals surface area (Å²) in [5.74, 6) is 0.584. The first kappa shape index (κ1) is 17.1. The number of hydrogen-bond donors (Lipinski definition) is 0. The lowest BCUT2D eigenvalue weighted by atomic mass is 9.87. The van der Waals surface area contributed by atoms with Crippen molar-refractivity contribution in [3.05, 3.63) is 47.8 Å². The molecule has 26 heavy (non-hydrogen) atoms. The Labute approximate surface area is 149 Å². The highest BCUT2D eigenvalue weighted by molar-refractivity contribution is 5.35. The third-order valence-corrected chi connectivity index (χ3v) is 4.93. The second-order valence-electron chi connectivity index (χ2n) is 6.81. The first-order chi connectivity index (χ1) is 12.4. The van der Waals surface area contributed by atoms with Gasteiger partial charge in [-0.1, -0.05) is 12.1 Å². The fraction of sp³-hybridized carbons (Fsp3) is 0.444. The Hall–Kier alpha value is -2.35. The molecule has 0 saturated carbocycles. The molecule has 0 amide bonds. The van der Waals surface area contributed by atoms with Crippen molar-refractivity contribution in [2.75, 3.05) is 18.0 Å². The number of benzene rings is 1. The molecule has 5 rings (SSSR count). The van der Waals surface area contributed by atoms with Crippen LogP contribution in [0.5, 0.6) is 5.75 Å². The maximum Gasteiger partial charge on any atom is 0.573 e. The van der Waals surface area contributed by atoms with Crippen LogP contribution in [0.1, 0.15) is 17.7 Å². The van der Waals surface area contributed by atoms with Crippen molar-refractivity contribution in [1.29, 1.82) is 0 Å². The number of anilines is 1. The Balaban J connectivity index is 1.36. The number of rotatable bonds is 4. The van der Waals surface area contributed by atoms with Gasteiger partial charge in [0.25, 0.3) is 0 Å². The van der Waals surface area contributed by atoms with Crippen LogP contribution in [0.25, 0.3) is 0 Å². The van der Waals surface area contributed by atoms with Crippen molar-refractivity contribution in [2.24, 2.45) is 0 Å². The second-order valence-corrected chi connectivity index (χ2v) is 6.81. The fourth-order valence-electron chi connectivity index (χ4n) is 3.70. The number of ether oxygens (including phenoxy) is 1. The van der Waals surface area contributed by atoms with Crippen LogP contribution in [0, 0.1) is 6.92 Å². The molecule has 8 heteroatoms. The molecule has 5 nitrogen and oxygen atoms in total. The molecule has 2 bridgehead atoms. The predicted octanol–water partition coefficient (Wildman–Crippen LogP) is 3.15. The zero-order valence-corrected chi connectivity index (χ0v) is 14.3. The Bertz CT molecular complexity index is 769. The zero-order valence-electron chi connectivity index (χ0n) is 14.3. The van der Waals surface area contributed by atoms with Gasteiger partial charge in [0.05, 0.1) is 0 Å². The topological polar surface area (TPSA) is 41.5 Å². The smallest absolute Gasteiger partial charge is 0.406 e. The average molecular weight is 364 g/mol. The van der Waals surface area contributed by atoms with E-state index < -0.39 is 6.36 Å². The number of fused-ring (bicyclic) bond motifs is 2. The van der Waals surface area contributed by atoms with Gasteiger partial charge in [-0.2, -0.15) is 0 Å². The molecule has 3 aliphatic rings. The van der Waals surface area contributed by atoms with E-state index in [1.165, 1.54) is 12.1 Å². The highest BCUT2D eigenvalue weighted by Crippen LogP contribution is 2.35. The van der Waals surface area contributed by atoms with Crippen molar-refractivity contribution < 1.29 is 17.9 Å². The minimum Gasteiger partial charge on any atom is -0.406 e. The normalized spacial score (nSPS) is 22.8. The minimum atomic E-state index is -4.66. The molecule has 0 N–H and O–H groups in total. The van der Waals surface area contributed by atoms with E-state index in [0.29, 0.717) is 12.1 Å². The molecule has 3 aliphatic heterocycles. The van der Waals surface area contributed by atoms with Gasteiger partial charge in [0.2, 0.25) is 5.95 Å². The quantitative estimate of drug-likeness (QED) is 0.834. The third kappa shape index (κ3) is 3.60. The van der Waals surface area contributed by atoms with Gasteiger partial charge in [0.1, 0.15) is 5.75 Å². The number of piperidine rings is 1. The SMILES string of the molecule is Cc1ccnc(N2CC3CC(C2)N3Cc2ccc(OC(F)(F)F)cc2)n1. The molecule has 1 aromatic heterocycles. The fourth-order valence-corrected chi connectivity index (χ4v) is 3.70. The molecule has 0 spiro atoms. The third-order valence-electron chi connectivity index (χ3n) is 4.93. The summed E-state index contributed by atoms with van der Waals surface area (Å²) in [5, 5.41) is 0. The minimum absolute atomic E-state index is 0.187. The number of aryl methyl sites for hydroxylation is 1. The standard InChI is InChI=1S/C18H19F3N4O/c1-12-6-7-22-17(23-12)24-10-14-8-15(11-24)25(14)9-13-2-4-16(5-3-13)26-18(19,20)21/h2-7,14-15H,8-11H2,1H3. The highest BCUT2D eigenvalue weighted by atomic mass is 19.4. The number of hydrogen-bond acceptors (Lipinski definition) is 5. The molecule has 138 valence electrons. The number of halogens is 3. The van der Waals surface area contributed by atoms with E-state index in [9.17, 15) is 13.2 Å². The molecule has 0 radical (unpaired) electrons. The van der Waals surface area contributed by atoms with Crippen LogP contribution in [0.2, 0.25) is 0 Å². The zero-order chi connectivity index (χ0) is 18.3. The number of aromatic nitrogens is 2. The van der Waals surface area contributed by atoms with Crippen LogP contribution in [0.15, 0.2) is 36.5 Å².